The zero-order valence-corrected chi connectivity index (χ0v) is 19.6. The molecule has 0 aromatic heterocycles. The first-order valence-corrected chi connectivity index (χ1v) is 13.4. The molecule has 6 nitrogen and oxygen atoms in total. The van der Waals surface area contributed by atoms with Crippen LogP contribution in [0.2, 0.25) is 5.02 Å². The van der Waals surface area contributed by atoms with Gasteiger partial charge in [-0.3, -0.25) is 4.79 Å². The fourth-order valence-corrected chi connectivity index (χ4v) is 5.89. The number of sulfone groups is 2. The summed E-state index contributed by atoms with van der Waals surface area (Å²) in [6.07, 6.45) is 2.07. The predicted octanol–water partition coefficient (Wildman–Crippen LogP) is 3.77. The first kappa shape index (κ1) is 24.4. The van der Waals surface area contributed by atoms with E-state index in [0.29, 0.717) is 29.0 Å². The monoisotopic (exact) mass is 471 g/mol. The van der Waals surface area contributed by atoms with E-state index in [2.05, 4.69) is 0 Å². The van der Waals surface area contributed by atoms with Crippen LogP contribution in [0.15, 0.2) is 53.4 Å². The van der Waals surface area contributed by atoms with Crippen molar-refractivity contribution in [3.05, 3.63) is 64.7 Å². The molecule has 1 atom stereocenters. The minimum absolute atomic E-state index is 0.0149. The molecule has 164 valence electrons. The van der Waals surface area contributed by atoms with Crippen molar-refractivity contribution in [1.82, 2.24) is 4.90 Å². The van der Waals surface area contributed by atoms with Crippen molar-refractivity contribution in [1.29, 1.82) is 0 Å². The van der Waals surface area contributed by atoms with E-state index in [4.69, 9.17) is 11.6 Å². The van der Waals surface area contributed by atoms with Crippen molar-refractivity contribution in [2.75, 3.05) is 26.1 Å². The van der Waals surface area contributed by atoms with E-state index in [1.807, 2.05) is 0 Å². The maximum Gasteiger partial charge on any atom is 0.253 e. The van der Waals surface area contributed by atoms with E-state index < -0.39 is 24.9 Å². The van der Waals surface area contributed by atoms with Gasteiger partial charge in [0.15, 0.2) is 9.84 Å². The minimum atomic E-state index is -3.85. The van der Waals surface area contributed by atoms with E-state index in [-0.39, 0.29) is 23.0 Å². The molecule has 0 saturated heterocycles. The lowest BCUT2D eigenvalue weighted by molar-refractivity contribution is 0.0826. The maximum atomic E-state index is 13.5. The molecule has 0 aliphatic rings. The maximum absolute atomic E-state index is 13.5. The predicted molar refractivity (Wildman–Crippen MR) is 119 cm³/mol. The first-order chi connectivity index (χ1) is 13.9. The van der Waals surface area contributed by atoms with E-state index in [0.717, 1.165) is 6.26 Å². The molecule has 0 heterocycles. The van der Waals surface area contributed by atoms with Gasteiger partial charge in [-0.1, -0.05) is 36.2 Å². The van der Waals surface area contributed by atoms with Crippen molar-refractivity contribution in [2.45, 2.75) is 29.4 Å². The average molecular weight is 472 g/mol. The molecule has 0 saturated carbocycles. The summed E-state index contributed by atoms with van der Waals surface area (Å²) < 4.78 is 49.9. The zero-order chi connectivity index (χ0) is 22.5. The lowest BCUT2D eigenvalue weighted by Crippen LogP contribution is -2.25. The highest BCUT2D eigenvalue weighted by atomic mass is 35.5. The number of unbranched alkanes of at least 4 members (excludes halogenated alkanes) is 1. The van der Waals surface area contributed by atoms with E-state index >= 15 is 0 Å². The largest absolute Gasteiger partial charge is 0.345 e. The van der Waals surface area contributed by atoms with Gasteiger partial charge in [0.25, 0.3) is 5.91 Å². The number of carbonyl (C=O) groups excluding carboxylic acids is 1. The third-order valence-corrected chi connectivity index (χ3v) is 8.14. The summed E-state index contributed by atoms with van der Waals surface area (Å²) in [5.41, 5.74) is 0.721. The van der Waals surface area contributed by atoms with Gasteiger partial charge in [0.2, 0.25) is 0 Å². The molecule has 0 bridgehead atoms. The highest BCUT2D eigenvalue weighted by molar-refractivity contribution is 7.91. The highest BCUT2D eigenvalue weighted by Gasteiger charge is 2.32. The van der Waals surface area contributed by atoms with Gasteiger partial charge >= 0.3 is 0 Å². The summed E-state index contributed by atoms with van der Waals surface area (Å²) in [5, 5.41) is -0.569. The molecule has 2 aromatic carbocycles. The number of hydrogen-bond donors (Lipinski definition) is 0. The highest BCUT2D eigenvalue weighted by Crippen LogP contribution is 2.36. The Labute approximate surface area is 183 Å². The van der Waals surface area contributed by atoms with Gasteiger partial charge in [0.1, 0.15) is 9.84 Å². The van der Waals surface area contributed by atoms with Crippen LogP contribution < -0.4 is 0 Å². The van der Waals surface area contributed by atoms with Crippen molar-refractivity contribution in [3.63, 3.8) is 0 Å². The quantitative estimate of drug-likeness (QED) is 0.519. The molecular formula is C21H26ClNO5S2. The summed E-state index contributed by atoms with van der Waals surface area (Å²) in [5.74, 6) is -0.308. The molecule has 0 spiro atoms. The minimum Gasteiger partial charge on any atom is -0.345 e. The number of amides is 1. The Morgan fingerprint density at radius 3 is 2.13 bits per heavy atom. The number of nitrogens with zero attached hydrogens (tertiary/aromatic N) is 1. The fraction of sp³-hybridized carbons (Fsp3) is 0.381. The Kier molecular flexibility index (Phi) is 8.07. The van der Waals surface area contributed by atoms with Crippen molar-refractivity contribution >= 4 is 37.2 Å². The second-order valence-electron chi connectivity index (χ2n) is 7.40. The van der Waals surface area contributed by atoms with Gasteiger partial charge in [0.05, 0.1) is 10.1 Å². The van der Waals surface area contributed by atoms with Gasteiger partial charge in [-0.25, -0.2) is 16.8 Å². The van der Waals surface area contributed by atoms with Crippen LogP contribution in [-0.2, 0) is 19.7 Å². The lowest BCUT2D eigenvalue weighted by Gasteiger charge is -2.22. The Balaban J connectivity index is 2.49. The number of hydrogen-bond acceptors (Lipinski definition) is 5. The molecule has 0 aliphatic heterocycles. The number of benzene rings is 2. The van der Waals surface area contributed by atoms with Gasteiger partial charge in [-0.2, -0.15) is 0 Å². The van der Waals surface area contributed by atoms with Crippen molar-refractivity contribution < 1.29 is 21.6 Å². The van der Waals surface area contributed by atoms with Crippen LogP contribution in [0.1, 0.15) is 40.4 Å². The number of rotatable bonds is 9. The van der Waals surface area contributed by atoms with Gasteiger partial charge in [0, 0.05) is 36.7 Å². The molecule has 30 heavy (non-hydrogen) atoms. The van der Waals surface area contributed by atoms with Crippen LogP contribution in [0.25, 0.3) is 0 Å². The number of carbonyl (C=O) groups is 1. The molecular weight excluding hydrogens is 446 g/mol. The third kappa shape index (κ3) is 6.30. The molecule has 0 N–H and O–H groups in total. The van der Waals surface area contributed by atoms with Crippen LogP contribution in [0.4, 0.5) is 0 Å². The first-order valence-electron chi connectivity index (χ1n) is 9.41. The second kappa shape index (κ2) is 9.94. The van der Waals surface area contributed by atoms with Crippen LogP contribution in [0, 0.1) is 0 Å². The van der Waals surface area contributed by atoms with Crippen molar-refractivity contribution in [3.8, 4) is 0 Å². The second-order valence-corrected chi connectivity index (χ2v) is 12.2. The van der Waals surface area contributed by atoms with Gasteiger partial charge < -0.3 is 4.90 Å². The van der Waals surface area contributed by atoms with E-state index in [1.165, 1.54) is 29.2 Å². The SMILES string of the molecule is CN(C)C(=O)c1ccccc1C(CCCCS(C)(=O)=O)S(=O)(=O)c1ccc(Cl)cc1. The Morgan fingerprint density at radius 1 is 0.967 bits per heavy atom. The Hall–Kier alpha value is -1.90. The summed E-state index contributed by atoms with van der Waals surface area (Å²) in [6, 6.07) is 12.5. The van der Waals surface area contributed by atoms with E-state index in [9.17, 15) is 21.6 Å². The normalized spacial score (nSPS) is 13.1. The molecule has 0 fully saturated rings. The zero-order valence-electron chi connectivity index (χ0n) is 17.2. The molecule has 2 aromatic rings. The molecule has 1 amide bonds. The van der Waals surface area contributed by atoms with Crippen LogP contribution in [0.5, 0.6) is 0 Å². The molecule has 2 rings (SSSR count). The summed E-state index contributed by atoms with van der Waals surface area (Å²) in [4.78, 5) is 14.2. The third-order valence-electron chi connectivity index (χ3n) is 4.69. The van der Waals surface area contributed by atoms with E-state index in [1.54, 1.807) is 38.4 Å². The summed E-state index contributed by atoms with van der Waals surface area (Å²) in [6.45, 7) is 0. The Bertz CT molecular complexity index is 1090. The molecule has 0 aliphatic carbocycles. The summed E-state index contributed by atoms with van der Waals surface area (Å²) in [7, 11) is -3.77. The standard InChI is InChI=1S/C21H26ClNO5S2/c1-23(2)21(24)19-9-5-4-8-18(19)20(10-6-7-15-29(3,25)26)30(27,28)17-13-11-16(22)12-14-17/h4-5,8-9,11-14,20H,6-7,10,15H2,1-3H3. The van der Waals surface area contributed by atoms with Crippen LogP contribution in [0.3, 0.4) is 0 Å². The molecule has 1 unspecified atom stereocenters. The number of halogens is 1. The summed E-state index contributed by atoms with van der Waals surface area (Å²) >= 11 is 5.90. The van der Waals surface area contributed by atoms with Gasteiger partial charge in [-0.15, -0.1) is 0 Å². The van der Waals surface area contributed by atoms with Crippen LogP contribution in [-0.4, -0.2) is 53.7 Å². The van der Waals surface area contributed by atoms with Crippen LogP contribution >= 0.6 is 11.6 Å². The smallest absolute Gasteiger partial charge is 0.253 e. The van der Waals surface area contributed by atoms with Gasteiger partial charge in [-0.05, 0) is 48.7 Å². The topological polar surface area (TPSA) is 88.6 Å². The average Bonchev–Trinajstić information content (AvgIpc) is 2.66. The Morgan fingerprint density at radius 2 is 1.57 bits per heavy atom. The van der Waals surface area contributed by atoms with Crippen molar-refractivity contribution in [2.24, 2.45) is 0 Å². The lowest BCUT2D eigenvalue weighted by atomic mass is 10.00. The molecule has 9 heteroatoms. The molecule has 0 radical (unpaired) electrons. The fourth-order valence-electron chi connectivity index (χ4n) is 3.17.